The van der Waals surface area contributed by atoms with E-state index in [1.54, 1.807) is 18.3 Å². The minimum absolute atomic E-state index is 0.0479. The lowest BCUT2D eigenvalue weighted by Gasteiger charge is -2.30. The number of rotatable bonds is 2. The van der Waals surface area contributed by atoms with Gasteiger partial charge in [0.05, 0.1) is 0 Å². The Kier molecular flexibility index (Phi) is 5.25. The predicted octanol–water partition coefficient (Wildman–Crippen LogP) is 4.10. The number of amides is 2. The summed E-state index contributed by atoms with van der Waals surface area (Å²) in [6.07, 6.45) is 3.28. The van der Waals surface area contributed by atoms with Gasteiger partial charge in [0.2, 0.25) is 0 Å². The summed E-state index contributed by atoms with van der Waals surface area (Å²) in [5.41, 5.74) is 8.50. The highest BCUT2D eigenvalue weighted by Gasteiger charge is 2.26. The van der Waals surface area contributed by atoms with Gasteiger partial charge in [-0.15, -0.1) is 0 Å². The molecule has 3 heterocycles. The molecule has 0 bridgehead atoms. The molecule has 162 valence electrons. The molecule has 0 N–H and O–H groups in total. The highest BCUT2D eigenvalue weighted by molar-refractivity contribution is 5.98. The molecule has 0 saturated carbocycles. The van der Waals surface area contributed by atoms with Gasteiger partial charge in [-0.2, -0.15) is 0 Å². The van der Waals surface area contributed by atoms with Crippen molar-refractivity contribution >= 4 is 11.8 Å². The fraction of sp³-hybridized carbons (Fsp3) is 0.296. The molecule has 5 heteroatoms. The number of benzene rings is 2. The standard InChI is InChI=1S/C27H27N3O2/c1-18-5-3-7-21-16-29(13-10-23(18)21)26(31)20-9-12-28-25(15-20)27(32)30-14-11-24-19(2)6-4-8-22(24)17-30/h3-9,12,15H,10-11,13-14,16-17H2,1-2H3. The van der Waals surface area contributed by atoms with E-state index in [0.29, 0.717) is 37.4 Å². The molecular formula is C27H27N3O2. The second-order valence-electron chi connectivity index (χ2n) is 8.81. The fourth-order valence-electron chi connectivity index (χ4n) is 4.97. The van der Waals surface area contributed by atoms with Crippen LogP contribution < -0.4 is 0 Å². The third kappa shape index (κ3) is 3.68. The number of fused-ring (bicyclic) bond motifs is 2. The van der Waals surface area contributed by atoms with Crippen LogP contribution in [0, 0.1) is 13.8 Å². The molecule has 0 aliphatic carbocycles. The molecule has 5 rings (SSSR count). The summed E-state index contributed by atoms with van der Waals surface area (Å²) in [7, 11) is 0. The number of aromatic nitrogens is 1. The van der Waals surface area contributed by atoms with Gasteiger partial charge in [-0.3, -0.25) is 14.6 Å². The number of carbonyl (C=O) groups is 2. The molecule has 1 aromatic heterocycles. The Hall–Kier alpha value is -3.47. The molecule has 0 saturated heterocycles. The zero-order valence-corrected chi connectivity index (χ0v) is 18.6. The molecule has 0 unspecified atom stereocenters. The molecule has 5 nitrogen and oxygen atoms in total. The Bertz CT molecular complexity index is 1130. The minimum Gasteiger partial charge on any atom is -0.334 e. The van der Waals surface area contributed by atoms with Crippen LogP contribution in [0.2, 0.25) is 0 Å². The van der Waals surface area contributed by atoms with Crippen LogP contribution >= 0.6 is 0 Å². The number of pyridine rings is 1. The van der Waals surface area contributed by atoms with Gasteiger partial charge in [0, 0.05) is 37.9 Å². The van der Waals surface area contributed by atoms with E-state index in [0.717, 1.165) is 12.8 Å². The van der Waals surface area contributed by atoms with Crippen LogP contribution in [0.4, 0.5) is 0 Å². The third-order valence-corrected chi connectivity index (χ3v) is 6.80. The molecule has 2 aliphatic rings. The maximum absolute atomic E-state index is 13.2. The Morgan fingerprint density at radius 3 is 1.94 bits per heavy atom. The van der Waals surface area contributed by atoms with E-state index in [1.807, 2.05) is 21.9 Å². The Labute approximate surface area is 188 Å². The highest BCUT2D eigenvalue weighted by Crippen LogP contribution is 2.25. The lowest BCUT2D eigenvalue weighted by Crippen LogP contribution is -2.38. The summed E-state index contributed by atoms with van der Waals surface area (Å²) in [6, 6.07) is 15.9. The van der Waals surface area contributed by atoms with E-state index in [2.05, 4.69) is 43.1 Å². The molecular weight excluding hydrogens is 398 g/mol. The summed E-state index contributed by atoms with van der Waals surface area (Å²) in [5, 5.41) is 0. The number of hydrogen-bond donors (Lipinski definition) is 0. The molecule has 2 aliphatic heterocycles. The quantitative estimate of drug-likeness (QED) is 0.621. The lowest BCUT2D eigenvalue weighted by molar-refractivity contribution is 0.0727. The fourth-order valence-corrected chi connectivity index (χ4v) is 4.97. The van der Waals surface area contributed by atoms with Crippen LogP contribution in [-0.4, -0.2) is 39.7 Å². The summed E-state index contributed by atoms with van der Waals surface area (Å²) in [4.78, 5) is 34.4. The number of nitrogens with zero attached hydrogens (tertiary/aromatic N) is 3. The average molecular weight is 426 g/mol. The predicted molar refractivity (Wildman–Crippen MR) is 123 cm³/mol. The number of carbonyl (C=O) groups excluding carboxylic acids is 2. The first-order valence-electron chi connectivity index (χ1n) is 11.2. The Morgan fingerprint density at radius 2 is 1.34 bits per heavy atom. The van der Waals surface area contributed by atoms with Crippen molar-refractivity contribution < 1.29 is 9.59 Å². The zero-order chi connectivity index (χ0) is 22.2. The van der Waals surface area contributed by atoms with E-state index in [1.165, 1.54) is 33.4 Å². The van der Waals surface area contributed by atoms with E-state index >= 15 is 0 Å². The van der Waals surface area contributed by atoms with Gasteiger partial charge in [-0.1, -0.05) is 36.4 Å². The van der Waals surface area contributed by atoms with Gasteiger partial charge in [-0.05, 0) is 72.2 Å². The van der Waals surface area contributed by atoms with Gasteiger partial charge in [0.25, 0.3) is 11.8 Å². The monoisotopic (exact) mass is 425 g/mol. The smallest absolute Gasteiger partial charge is 0.272 e. The van der Waals surface area contributed by atoms with E-state index in [4.69, 9.17) is 0 Å². The normalized spacial score (nSPS) is 15.2. The lowest BCUT2D eigenvalue weighted by atomic mass is 9.95. The van der Waals surface area contributed by atoms with E-state index in [-0.39, 0.29) is 11.8 Å². The van der Waals surface area contributed by atoms with Gasteiger partial charge in [0.15, 0.2) is 0 Å². The van der Waals surface area contributed by atoms with Crippen LogP contribution in [0.15, 0.2) is 54.7 Å². The molecule has 2 aromatic carbocycles. The van der Waals surface area contributed by atoms with Crippen molar-refractivity contribution in [3.63, 3.8) is 0 Å². The molecule has 32 heavy (non-hydrogen) atoms. The average Bonchev–Trinajstić information content (AvgIpc) is 2.83. The van der Waals surface area contributed by atoms with Crippen molar-refractivity contribution in [2.75, 3.05) is 13.1 Å². The van der Waals surface area contributed by atoms with Crippen LogP contribution in [0.5, 0.6) is 0 Å². The van der Waals surface area contributed by atoms with Crippen molar-refractivity contribution in [1.82, 2.24) is 14.8 Å². The summed E-state index contributed by atoms with van der Waals surface area (Å²) < 4.78 is 0. The topological polar surface area (TPSA) is 53.5 Å². The number of hydrogen-bond acceptors (Lipinski definition) is 3. The zero-order valence-electron chi connectivity index (χ0n) is 18.6. The van der Waals surface area contributed by atoms with Crippen molar-refractivity contribution in [3.8, 4) is 0 Å². The first-order chi connectivity index (χ1) is 15.5. The van der Waals surface area contributed by atoms with Crippen LogP contribution in [0.25, 0.3) is 0 Å². The first-order valence-corrected chi connectivity index (χ1v) is 11.2. The van der Waals surface area contributed by atoms with Crippen molar-refractivity contribution in [1.29, 1.82) is 0 Å². The van der Waals surface area contributed by atoms with Gasteiger partial charge in [-0.25, -0.2) is 0 Å². The molecule has 0 fully saturated rings. The molecule has 2 amide bonds. The van der Waals surface area contributed by atoms with Crippen LogP contribution in [-0.2, 0) is 25.9 Å². The van der Waals surface area contributed by atoms with E-state index in [9.17, 15) is 9.59 Å². The maximum atomic E-state index is 13.2. The van der Waals surface area contributed by atoms with Gasteiger partial charge < -0.3 is 9.80 Å². The van der Waals surface area contributed by atoms with Crippen LogP contribution in [0.3, 0.4) is 0 Å². The second kappa shape index (κ2) is 8.23. The largest absolute Gasteiger partial charge is 0.334 e. The first kappa shape index (κ1) is 20.4. The van der Waals surface area contributed by atoms with Crippen molar-refractivity contribution in [3.05, 3.63) is 99.4 Å². The number of aryl methyl sites for hydroxylation is 2. The molecule has 3 aromatic rings. The molecule has 0 spiro atoms. The van der Waals surface area contributed by atoms with Crippen LogP contribution in [0.1, 0.15) is 54.2 Å². The van der Waals surface area contributed by atoms with E-state index < -0.39 is 0 Å². The maximum Gasteiger partial charge on any atom is 0.272 e. The second-order valence-corrected chi connectivity index (χ2v) is 8.81. The van der Waals surface area contributed by atoms with Gasteiger partial charge >= 0.3 is 0 Å². The summed E-state index contributed by atoms with van der Waals surface area (Å²) in [6.45, 7) is 6.77. The Morgan fingerprint density at radius 1 is 0.781 bits per heavy atom. The molecule has 0 radical (unpaired) electrons. The minimum atomic E-state index is -0.119. The summed E-state index contributed by atoms with van der Waals surface area (Å²) >= 11 is 0. The molecule has 0 atom stereocenters. The third-order valence-electron chi connectivity index (χ3n) is 6.80. The highest BCUT2D eigenvalue weighted by atomic mass is 16.2. The summed E-state index contributed by atoms with van der Waals surface area (Å²) in [5.74, 6) is -0.167. The Balaban J connectivity index is 1.34. The van der Waals surface area contributed by atoms with Crippen molar-refractivity contribution in [2.45, 2.75) is 39.8 Å². The van der Waals surface area contributed by atoms with Gasteiger partial charge in [0.1, 0.15) is 5.69 Å². The van der Waals surface area contributed by atoms with Crippen molar-refractivity contribution in [2.24, 2.45) is 0 Å². The SMILES string of the molecule is Cc1cccc2c1CCN(C(=O)c1ccnc(C(=O)N3CCc4c(C)cccc4C3)c1)C2.